The van der Waals surface area contributed by atoms with Crippen LogP contribution in [0.25, 0.3) is 6.08 Å². The molecule has 0 unspecified atom stereocenters. The number of imide groups is 1. The average molecular weight is 369 g/mol. The van der Waals surface area contributed by atoms with Crippen LogP contribution in [-0.4, -0.2) is 22.7 Å². The van der Waals surface area contributed by atoms with Crippen molar-refractivity contribution in [3.05, 3.63) is 83.0 Å². The van der Waals surface area contributed by atoms with Crippen molar-refractivity contribution in [2.24, 2.45) is 0 Å². The van der Waals surface area contributed by atoms with Crippen LogP contribution in [0.4, 0.5) is 9.18 Å². The minimum atomic E-state index is -0.442. The van der Waals surface area contributed by atoms with Crippen molar-refractivity contribution >= 4 is 29.0 Å². The van der Waals surface area contributed by atoms with E-state index in [4.69, 9.17) is 4.74 Å². The Balaban J connectivity index is 1.79. The zero-order valence-electron chi connectivity index (χ0n) is 13.9. The molecule has 1 heterocycles. The highest BCUT2D eigenvalue weighted by molar-refractivity contribution is 8.18. The monoisotopic (exact) mass is 369 g/mol. The molecule has 0 aromatic heterocycles. The van der Waals surface area contributed by atoms with Gasteiger partial charge in [-0.1, -0.05) is 43.0 Å². The van der Waals surface area contributed by atoms with E-state index in [9.17, 15) is 14.0 Å². The number of benzene rings is 2. The number of nitrogens with zero attached hydrogens (tertiary/aromatic N) is 1. The van der Waals surface area contributed by atoms with Gasteiger partial charge in [0.15, 0.2) is 0 Å². The third-order valence-corrected chi connectivity index (χ3v) is 4.59. The molecule has 2 aromatic carbocycles. The molecule has 1 saturated heterocycles. The van der Waals surface area contributed by atoms with Crippen LogP contribution in [0.5, 0.6) is 5.75 Å². The summed E-state index contributed by atoms with van der Waals surface area (Å²) in [5.41, 5.74) is 1.04. The molecule has 6 heteroatoms. The highest BCUT2D eigenvalue weighted by Crippen LogP contribution is 2.33. The predicted molar refractivity (Wildman–Crippen MR) is 100 cm³/mol. The molecule has 0 spiro atoms. The highest BCUT2D eigenvalue weighted by Gasteiger charge is 2.35. The largest absolute Gasteiger partial charge is 0.490 e. The zero-order valence-corrected chi connectivity index (χ0v) is 14.7. The van der Waals surface area contributed by atoms with Gasteiger partial charge in [-0.2, -0.15) is 0 Å². The van der Waals surface area contributed by atoms with Gasteiger partial charge >= 0.3 is 0 Å². The second kappa shape index (κ2) is 8.01. The SMILES string of the molecule is C=CCOc1cccc(/C=C2\SC(=O)N(Cc3ccccc3F)C2=O)c1. The highest BCUT2D eigenvalue weighted by atomic mass is 32.2. The summed E-state index contributed by atoms with van der Waals surface area (Å²) < 4.78 is 19.3. The molecule has 2 aromatic rings. The van der Waals surface area contributed by atoms with Crippen LogP contribution >= 0.6 is 11.8 Å². The molecule has 0 atom stereocenters. The summed E-state index contributed by atoms with van der Waals surface area (Å²) in [5, 5.41) is -0.413. The fourth-order valence-electron chi connectivity index (χ4n) is 2.43. The minimum Gasteiger partial charge on any atom is -0.490 e. The van der Waals surface area contributed by atoms with E-state index in [1.165, 1.54) is 6.07 Å². The molecule has 26 heavy (non-hydrogen) atoms. The number of thioether (sulfide) groups is 1. The number of amides is 2. The Hall–Kier alpha value is -2.86. The molecule has 132 valence electrons. The van der Waals surface area contributed by atoms with Gasteiger partial charge in [-0.15, -0.1) is 0 Å². The summed E-state index contributed by atoms with van der Waals surface area (Å²) in [6.45, 7) is 3.89. The zero-order chi connectivity index (χ0) is 18.5. The van der Waals surface area contributed by atoms with E-state index < -0.39 is 17.0 Å². The quantitative estimate of drug-likeness (QED) is 0.550. The normalized spacial score (nSPS) is 15.6. The topological polar surface area (TPSA) is 46.6 Å². The molecule has 0 N–H and O–H groups in total. The summed E-state index contributed by atoms with van der Waals surface area (Å²) in [6.07, 6.45) is 3.27. The van der Waals surface area contributed by atoms with E-state index in [0.29, 0.717) is 22.8 Å². The van der Waals surface area contributed by atoms with E-state index in [1.807, 2.05) is 6.07 Å². The first-order valence-electron chi connectivity index (χ1n) is 7.91. The summed E-state index contributed by atoms with van der Waals surface area (Å²) in [7, 11) is 0. The standard InChI is InChI=1S/C20H16FNO3S/c1-2-10-25-16-8-5-6-14(11-16)12-18-19(23)22(20(24)26-18)13-15-7-3-4-9-17(15)21/h2-9,11-12H,1,10,13H2/b18-12-. The molecule has 3 rings (SSSR count). The molecule has 0 radical (unpaired) electrons. The summed E-state index contributed by atoms with van der Waals surface area (Å²) >= 11 is 0.845. The van der Waals surface area contributed by atoms with Crippen molar-refractivity contribution < 1.29 is 18.7 Å². The van der Waals surface area contributed by atoms with Crippen molar-refractivity contribution in [3.63, 3.8) is 0 Å². The molecular weight excluding hydrogens is 353 g/mol. The first-order chi connectivity index (χ1) is 12.6. The minimum absolute atomic E-state index is 0.0861. The van der Waals surface area contributed by atoms with Gasteiger partial charge < -0.3 is 4.74 Å². The molecule has 4 nitrogen and oxygen atoms in total. The molecule has 0 bridgehead atoms. The van der Waals surface area contributed by atoms with Crippen molar-refractivity contribution in [3.8, 4) is 5.75 Å². The lowest BCUT2D eigenvalue weighted by molar-refractivity contribution is -0.123. The number of halogens is 1. The Kier molecular flexibility index (Phi) is 5.53. The van der Waals surface area contributed by atoms with Crippen molar-refractivity contribution in [1.29, 1.82) is 0 Å². The lowest BCUT2D eigenvalue weighted by Gasteiger charge is -2.12. The van der Waals surface area contributed by atoms with Gasteiger partial charge in [0.05, 0.1) is 11.4 Å². The van der Waals surface area contributed by atoms with Gasteiger partial charge in [0.2, 0.25) is 0 Å². The lowest BCUT2D eigenvalue weighted by atomic mass is 10.2. The van der Waals surface area contributed by atoms with Crippen molar-refractivity contribution in [1.82, 2.24) is 4.90 Å². The van der Waals surface area contributed by atoms with Gasteiger partial charge in [-0.05, 0) is 41.6 Å². The van der Waals surface area contributed by atoms with E-state index in [0.717, 1.165) is 22.2 Å². The Bertz CT molecular complexity index is 894. The lowest BCUT2D eigenvalue weighted by Crippen LogP contribution is -2.27. The van der Waals surface area contributed by atoms with Crippen molar-refractivity contribution in [2.45, 2.75) is 6.54 Å². The van der Waals surface area contributed by atoms with Crippen LogP contribution in [-0.2, 0) is 11.3 Å². The predicted octanol–water partition coefficient (Wildman–Crippen LogP) is 4.63. The van der Waals surface area contributed by atoms with Crippen LogP contribution in [0.1, 0.15) is 11.1 Å². The molecule has 1 aliphatic rings. The number of hydrogen-bond donors (Lipinski definition) is 0. The van der Waals surface area contributed by atoms with E-state index >= 15 is 0 Å². The second-order valence-corrected chi connectivity index (χ2v) is 6.52. The number of ether oxygens (including phenoxy) is 1. The van der Waals surface area contributed by atoms with Gasteiger partial charge in [-0.3, -0.25) is 14.5 Å². The Morgan fingerprint density at radius 3 is 2.73 bits per heavy atom. The summed E-state index contributed by atoms with van der Waals surface area (Å²) in [6, 6.07) is 13.3. The number of carbonyl (C=O) groups is 2. The summed E-state index contributed by atoms with van der Waals surface area (Å²) in [4.78, 5) is 26.1. The first-order valence-corrected chi connectivity index (χ1v) is 8.72. The Morgan fingerprint density at radius 1 is 1.15 bits per heavy atom. The number of hydrogen-bond acceptors (Lipinski definition) is 4. The van der Waals surface area contributed by atoms with E-state index in [-0.39, 0.29) is 6.54 Å². The molecule has 0 saturated carbocycles. The van der Waals surface area contributed by atoms with Crippen molar-refractivity contribution in [2.75, 3.05) is 6.61 Å². The van der Waals surface area contributed by atoms with Gasteiger partial charge in [0.1, 0.15) is 18.2 Å². The molecule has 2 amide bonds. The van der Waals surface area contributed by atoms with E-state index in [1.54, 1.807) is 48.6 Å². The van der Waals surface area contributed by atoms with Crippen LogP contribution in [0.3, 0.4) is 0 Å². The van der Waals surface area contributed by atoms with Crippen LogP contribution in [0.15, 0.2) is 66.1 Å². The average Bonchev–Trinajstić information content (AvgIpc) is 2.89. The maximum absolute atomic E-state index is 13.8. The van der Waals surface area contributed by atoms with Crippen LogP contribution in [0.2, 0.25) is 0 Å². The Labute approximate surface area is 155 Å². The summed E-state index contributed by atoms with van der Waals surface area (Å²) in [5.74, 6) is -0.229. The smallest absolute Gasteiger partial charge is 0.293 e. The van der Waals surface area contributed by atoms with Gasteiger partial charge in [0.25, 0.3) is 11.1 Å². The third-order valence-electron chi connectivity index (χ3n) is 3.68. The number of rotatable bonds is 6. The van der Waals surface area contributed by atoms with E-state index in [2.05, 4.69) is 6.58 Å². The Morgan fingerprint density at radius 2 is 1.96 bits per heavy atom. The van der Waals surface area contributed by atoms with Crippen LogP contribution in [0, 0.1) is 5.82 Å². The maximum atomic E-state index is 13.8. The first kappa shape index (κ1) is 17.9. The van der Waals surface area contributed by atoms with Gasteiger partial charge in [0, 0.05) is 5.56 Å². The number of carbonyl (C=O) groups excluding carboxylic acids is 2. The third kappa shape index (κ3) is 4.03. The molecule has 1 fully saturated rings. The fraction of sp³-hybridized carbons (Fsp3) is 0.100. The fourth-order valence-corrected chi connectivity index (χ4v) is 3.27. The van der Waals surface area contributed by atoms with Gasteiger partial charge in [-0.25, -0.2) is 4.39 Å². The van der Waals surface area contributed by atoms with Crippen LogP contribution < -0.4 is 4.74 Å². The molecular formula is C20H16FNO3S. The second-order valence-electron chi connectivity index (χ2n) is 5.53. The molecule has 0 aliphatic carbocycles. The maximum Gasteiger partial charge on any atom is 0.293 e. The molecule has 1 aliphatic heterocycles.